The smallest absolute Gasteiger partial charge is 0.123 e. The highest BCUT2D eigenvalue weighted by Gasteiger charge is 2.10. The Hall–Kier alpha value is -1.64. The average Bonchev–Trinajstić information content (AvgIpc) is 2.61. The minimum atomic E-state index is -0.224. The molecule has 0 aliphatic rings. The lowest BCUT2D eigenvalue weighted by molar-refractivity contribution is 0.627. The SMILES string of the molecule is Cc1c(C(C)C)cnn1-c1ccc(F)cc1. The van der Waals surface area contributed by atoms with Gasteiger partial charge in [0.15, 0.2) is 0 Å². The van der Waals surface area contributed by atoms with Crippen molar-refractivity contribution in [2.75, 3.05) is 0 Å². The molecule has 2 rings (SSSR count). The maximum Gasteiger partial charge on any atom is 0.123 e. The Labute approximate surface area is 94.7 Å². The molecule has 1 heterocycles. The number of aromatic nitrogens is 2. The number of hydrogen-bond donors (Lipinski definition) is 0. The Morgan fingerprint density at radius 3 is 2.31 bits per heavy atom. The molecule has 3 heteroatoms. The van der Waals surface area contributed by atoms with E-state index < -0.39 is 0 Å². The summed E-state index contributed by atoms with van der Waals surface area (Å²) in [6.07, 6.45) is 1.88. The van der Waals surface area contributed by atoms with Crippen LogP contribution in [-0.2, 0) is 0 Å². The van der Waals surface area contributed by atoms with Crippen LogP contribution in [0.3, 0.4) is 0 Å². The van der Waals surface area contributed by atoms with Crippen molar-refractivity contribution in [3.05, 3.63) is 47.5 Å². The van der Waals surface area contributed by atoms with Gasteiger partial charge in [-0.15, -0.1) is 0 Å². The molecule has 0 unspecified atom stereocenters. The molecule has 2 nitrogen and oxygen atoms in total. The Morgan fingerprint density at radius 2 is 1.81 bits per heavy atom. The predicted octanol–water partition coefficient (Wildman–Crippen LogP) is 3.44. The predicted molar refractivity (Wildman–Crippen MR) is 62.3 cm³/mol. The fourth-order valence-electron chi connectivity index (χ4n) is 1.83. The van der Waals surface area contributed by atoms with Crippen LogP contribution in [0.1, 0.15) is 31.0 Å². The van der Waals surface area contributed by atoms with Gasteiger partial charge < -0.3 is 0 Å². The van der Waals surface area contributed by atoms with E-state index in [1.807, 2.05) is 17.8 Å². The zero-order valence-corrected chi connectivity index (χ0v) is 9.74. The van der Waals surface area contributed by atoms with Crippen LogP contribution in [0.25, 0.3) is 5.69 Å². The molecule has 0 fully saturated rings. The Morgan fingerprint density at radius 1 is 1.19 bits per heavy atom. The maximum atomic E-state index is 12.8. The van der Waals surface area contributed by atoms with E-state index in [4.69, 9.17) is 0 Å². The van der Waals surface area contributed by atoms with Crippen LogP contribution in [-0.4, -0.2) is 9.78 Å². The van der Waals surface area contributed by atoms with E-state index in [1.54, 1.807) is 12.1 Å². The second-order valence-electron chi connectivity index (χ2n) is 4.23. The Bertz CT molecular complexity index is 483. The largest absolute Gasteiger partial charge is 0.238 e. The van der Waals surface area contributed by atoms with Crippen molar-refractivity contribution in [2.24, 2.45) is 0 Å². The van der Waals surface area contributed by atoms with Crippen molar-refractivity contribution in [1.82, 2.24) is 9.78 Å². The van der Waals surface area contributed by atoms with Crippen molar-refractivity contribution < 1.29 is 4.39 Å². The molecule has 0 saturated carbocycles. The molecule has 0 aliphatic heterocycles. The zero-order chi connectivity index (χ0) is 11.7. The van der Waals surface area contributed by atoms with Gasteiger partial charge in [0.2, 0.25) is 0 Å². The minimum Gasteiger partial charge on any atom is -0.238 e. The highest BCUT2D eigenvalue weighted by Crippen LogP contribution is 2.21. The molecule has 1 aromatic carbocycles. The molecule has 0 radical (unpaired) electrons. The summed E-state index contributed by atoms with van der Waals surface area (Å²) in [7, 11) is 0. The standard InChI is InChI=1S/C13H15FN2/c1-9(2)13-8-15-16(10(13)3)12-6-4-11(14)5-7-12/h4-9H,1-3H3. The van der Waals surface area contributed by atoms with Crippen molar-refractivity contribution in [2.45, 2.75) is 26.7 Å². The van der Waals surface area contributed by atoms with Crippen molar-refractivity contribution in [1.29, 1.82) is 0 Å². The van der Waals surface area contributed by atoms with E-state index >= 15 is 0 Å². The highest BCUT2D eigenvalue weighted by molar-refractivity contribution is 5.35. The first kappa shape index (κ1) is 10.9. The van der Waals surface area contributed by atoms with E-state index in [1.165, 1.54) is 17.7 Å². The number of halogens is 1. The van der Waals surface area contributed by atoms with E-state index in [-0.39, 0.29) is 5.82 Å². The summed E-state index contributed by atoms with van der Waals surface area (Å²) in [5.41, 5.74) is 3.23. The van der Waals surface area contributed by atoms with Gasteiger partial charge in [-0.1, -0.05) is 13.8 Å². The molecule has 16 heavy (non-hydrogen) atoms. The molecule has 0 aliphatic carbocycles. The fourth-order valence-corrected chi connectivity index (χ4v) is 1.83. The molecule has 84 valence electrons. The third kappa shape index (κ3) is 1.85. The van der Waals surface area contributed by atoms with Gasteiger partial charge >= 0.3 is 0 Å². The molecular formula is C13H15FN2. The van der Waals surface area contributed by atoms with Crippen LogP contribution in [0.5, 0.6) is 0 Å². The van der Waals surface area contributed by atoms with Crippen molar-refractivity contribution >= 4 is 0 Å². The molecule has 0 saturated heterocycles. The fraction of sp³-hybridized carbons (Fsp3) is 0.308. The van der Waals surface area contributed by atoms with Crippen LogP contribution in [0.15, 0.2) is 30.5 Å². The quantitative estimate of drug-likeness (QED) is 0.755. The molecule has 2 aromatic rings. The molecule has 0 amide bonds. The molecule has 0 spiro atoms. The topological polar surface area (TPSA) is 17.8 Å². The number of nitrogens with zero attached hydrogens (tertiary/aromatic N) is 2. The highest BCUT2D eigenvalue weighted by atomic mass is 19.1. The van der Waals surface area contributed by atoms with E-state index in [0.717, 1.165) is 11.4 Å². The van der Waals surface area contributed by atoms with Gasteiger partial charge in [0.05, 0.1) is 11.9 Å². The van der Waals surface area contributed by atoms with Gasteiger partial charge in [0, 0.05) is 5.69 Å². The molecule has 0 atom stereocenters. The van der Waals surface area contributed by atoms with E-state index in [0.29, 0.717) is 5.92 Å². The Balaban J connectivity index is 2.45. The summed E-state index contributed by atoms with van der Waals surface area (Å²) in [5.74, 6) is 0.229. The van der Waals surface area contributed by atoms with Crippen molar-refractivity contribution in [3.63, 3.8) is 0 Å². The van der Waals surface area contributed by atoms with Crippen LogP contribution in [0.2, 0.25) is 0 Å². The second-order valence-corrected chi connectivity index (χ2v) is 4.23. The normalized spacial score (nSPS) is 11.1. The van der Waals surface area contributed by atoms with Gasteiger partial charge in [-0.3, -0.25) is 0 Å². The van der Waals surface area contributed by atoms with Gasteiger partial charge in [0.1, 0.15) is 5.82 Å². The third-order valence-corrected chi connectivity index (χ3v) is 2.74. The number of benzene rings is 1. The van der Waals surface area contributed by atoms with Crippen LogP contribution < -0.4 is 0 Å². The molecule has 0 bridgehead atoms. The van der Waals surface area contributed by atoms with E-state index in [9.17, 15) is 4.39 Å². The lowest BCUT2D eigenvalue weighted by Crippen LogP contribution is -2.00. The van der Waals surface area contributed by atoms with Gasteiger partial charge in [-0.05, 0) is 42.7 Å². The summed E-state index contributed by atoms with van der Waals surface area (Å²) < 4.78 is 14.6. The summed E-state index contributed by atoms with van der Waals surface area (Å²) in [6, 6.07) is 6.37. The Kier molecular flexibility index (Phi) is 2.77. The lowest BCUT2D eigenvalue weighted by Gasteiger charge is -2.07. The first-order valence-corrected chi connectivity index (χ1v) is 5.40. The monoisotopic (exact) mass is 218 g/mol. The minimum absolute atomic E-state index is 0.224. The maximum absolute atomic E-state index is 12.8. The van der Waals surface area contributed by atoms with E-state index in [2.05, 4.69) is 18.9 Å². The van der Waals surface area contributed by atoms with Gasteiger partial charge in [-0.2, -0.15) is 5.10 Å². The summed E-state index contributed by atoms with van der Waals surface area (Å²) in [5, 5.41) is 4.33. The first-order chi connectivity index (χ1) is 7.59. The van der Waals surface area contributed by atoms with Gasteiger partial charge in [-0.25, -0.2) is 9.07 Å². The summed E-state index contributed by atoms with van der Waals surface area (Å²) in [6.45, 7) is 6.31. The molecule has 0 N–H and O–H groups in total. The number of rotatable bonds is 2. The second kappa shape index (κ2) is 4.08. The third-order valence-electron chi connectivity index (χ3n) is 2.74. The van der Waals surface area contributed by atoms with Gasteiger partial charge in [0.25, 0.3) is 0 Å². The molecule has 1 aromatic heterocycles. The summed E-state index contributed by atoms with van der Waals surface area (Å²) in [4.78, 5) is 0. The van der Waals surface area contributed by atoms with Crippen molar-refractivity contribution in [3.8, 4) is 5.69 Å². The number of hydrogen-bond acceptors (Lipinski definition) is 1. The molecular weight excluding hydrogens is 203 g/mol. The van der Waals surface area contributed by atoms with Crippen LogP contribution in [0.4, 0.5) is 4.39 Å². The first-order valence-electron chi connectivity index (χ1n) is 5.40. The average molecular weight is 218 g/mol. The lowest BCUT2D eigenvalue weighted by atomic mass is 10.1. The summed E-state index contributed by atoms with van der Waals surface area (Å²) >= 11 is 0. The van der Waals surface area contributed by atoms with Crippen LogP contribution in [0, 0.1) is 12.7 Å². The van der Waals surface area contributed by atoms with Crippen LogP contribution >= 0.6 is 0 Å². The zero-order valence-electron chi connectivity index (χ0n) is 9.74.